The van der Waals surface area contributed by atoms with E-state index in [0.717, 1.165) is 32.7 Å². The van der Waals surface area contributed by atoms with Crippen molar-refractivity contribution in [3.8, 4) is 0 Å². The van der Waals surface area contributed by atoms with Gasteiger partial charge in [-0.15, -0.1) is 0 Å². The van der Waals surface area contributed by atoms with Crippen molar-refractivity contribution in [1.82, 2.24) is 10.2 Å². The van der Waals surface area contributed by atoms with Crippen LogP contribution in [0.15, 0.2) is 0 Å². The lowest BCUT2D eigenvalue weighted by Gasteiger charge is -2.21. The van der Waals surface area contributed by atoms with Crippen LogP contribution >= 0.6 is 0 Å². The van der Waals surface area contributed by atoms with Gasteiger partial charge in [-0.3, -0.25) is 0 Å². The van der Waals surface area contributed by atoms with Gasteiger partial charge in [-0.2, -0.15) is 0 Å². The van der Waals surface area contributed by atoms with Crippen molar-refractivity contribution in [1.29, 1.82) is 0 Å². The predicted octanol–water partition coefficient (Wildman–Crippen LogP) is 1.46. The molecule has 0 aromatic heterocycles. The normalized spacial score (nSPS) is 25.3. The third-order valence-corrected chi connectivity index (χ3v) is 3.10. The predicted molar refractivity (Wildman–Crippen MR) is 59.8 cm³/mol. The number of amides is 2. The smallest absolute Gasteiger partial charge is 0.317 e. The summed E-state index contributed by atoms with van der Waals surface area (Å²) in [7, 11) is 0. The Labute approximate surface area is 92.0 Å². The van der Waals surface area contributed by atoms with E-state index < -0.39 is 0 Å². The minimum Gasteiger partial charge on any atom is -0.378 e. The summed E-state index contributed by atoms with van der Waals surface area (Å²) in [4.78, 5) is 13.4. The Morgan fingerprint density at radius 1 is 1.47 bits per heavy atom. The summed E-state index contributed by atoms with van der Waals surface area (Å²) in [5, 5.41) is 2.96. The molecule has 2 unspecified atom stereocenters. The Kier molecular flexibility index (Phi) is 4.88. The molecule has 0 radical (unpaired) electrons. The Morgan fingerprint density at radius 3 is 2.60 bits per heavy atom. The molecule has 1 heterocycles. The summed E-state index contributed by atoms with van der Waals surface area (Å²) in [5.74, 6) is 0.476. The summed E-state index contributed by atoms with van der Waals surface area (Å²) in [6, 6.07) is 0.0408. The van der Waals surface area contributed by atoms with Gasteiger partial charge in [0.2, 0.25) is 0 Å². The molecule has 1 saturated heterocycles. The van der Waals surface area contributed by atoms with Crippen LogP contribution in [0.5, 0.6) is 0 Å². The molecule has 1 rings (SSSR count). The molecule has 1 N–H and O–H groups in total. The number of carbonyl (C=O) groups is 1. The van der Waals surface area contributed by atoms with Crippen LogP contribution in [-0.2, 0) is 4.74 Å². The average Bonchev–Trinajstić information content (AvgIpc) is 2.63. The van der Waals surface area contributed by atoms with Crippen molar-refractivity contribution in [2.24, 2.45) is 5.92 Å². The first-order valence-electron chi connectivity index (χ1n) is 5.83. The second-order valence-electron chi connectivity index (χ2n) is 3.98. The third kappa shape index (κ3) is 3.38. The summed E-state index contributed by atoms with van der Waals surface area (Å²) < 4.78 is 5.45. The molecule has 15 heavy (non-hydrogen) atoms. The highest BCUT2D eigenvalue weighted by Crippen LogP contribution is 2.19. The SMILES string of the molecule is CCN(CC)C(=O)NCC1CCOC1C. The van der Waals surface area contributed by atoms with Crippen molar-refractivity contribution in [3.63, 3.8) is 0 Å². The highest BCUT2D eigenvalue weighted by Gasteiger charge is 2.24. The quantitative estimate of drug-likeness (QED) is 0.770. The Morgan fingerprint density at radius 2 is 2.13 bits per heavy atom. The zero-order valence-corrected chi connectivity index (χ0v) is 9.95. The van der Waals surface area contributed by atoms with Gasteiger partial charge in [-0.1, -0.05) is 0 Å². The summed E-state index contributed by atoms with van der Waals surface area (Å²) in [5.41, 5.74) is 0. The first kappa shape index (κ1) is 12.3. The Balaban J connectivity index is 2.26. The van der Waals surface area contributed by atoms with Gasteiger partial charge in [0.15, 0.2) is 0 Å². The molecule has 0 aliphatic carbocycles. The molecule has 2 atom stereocenters. The maximum absolute atomic E-state index is 11.6. The highest BCUT2D eigenvalue weighted by molar-refractivity contribution is 5.74. The monoisotopic (exact) mass is 214 g/mol. The molecule has 0 aromatic rings. The number of hydrogen-bond acceptors (Lipinski definition) is 2. The van der Waals surface area contributed by atoms with Crippen LogP contribution in [-0.4, -0.2) is 43.3 Å². The van der Waals surface area contributed by atoms with Crippen molar-refractivity contribution >= 4 is 6.03 Å². The lowest BCUT2D eigenvalue weighted by atomic mass is 10.0. The van der Waals surface area contributed by atoms with Crippen LogP contribution in [0, 0.1) is 5.92 Å². The fourth-order valence-corrected chi connectivity index (χ4v) is 1.89. The van der Waals surface area contributed by atoms with Gasteiger partial charge in [0.1, 0.15) is 0 Å². The second-order valence-corrected chi connectivity index (χ2v) is 3.98. The second kappa shape index (κ2) is 5.95. The van der Waals surface area contributed by atoms with Crippen LogP contribution in [0.4, 0.5) is 4.79 Å². The number of nitrogens with one attached hydrogen (secondary N) is 1. The molecule has 0 spiro atoms. The molecular weight excluding hydrogens is 192 g/mol. The Hall–Kier alpha value is -0.770. The van der Waals surface area contributed by atoms with Crippen LogP contribution in [0.1, 0.15) is 27.2 Å². The Bertz CT molecular complexity index is 205. The molecule has 0 bridgehead atoms. The van der Waals surface area contributed by atoms with Gasteiger partial charge < -0.3 is 15.0 Å². The summed E-state index contributed by atoms with van der Waals surface area (Å²) in [6.07, 6.45) is 1.33. The van der Waals surface area contributed by atoms with Gasteiger partial charge in [0.05, 0.1) is 6.10 Å². The average molecular weight is 214 g/mol. The number of carbonyl (C=O) groups excluding carboxylic acids is 1. The van der Waals surface area contributed by atoms with Crippen LogP contribution in [0.25, 0.3) is 0 Å². The van der Waals surface area contributed by atoms with Crippen molar-refractivity contribution in [3.05, 3.63) is 0 Å². The van der Waals surface area contributed by atoms with Crippen molar-refractivity contribution in [2.45, 2.75) is 33.3 Å². The van der Waals surface area contributed by atoms with Gasteiger partial charge in [0.25, 0.3) is 0 Å². The van der Waals surface area contributed by atoms with Crippen LogP contribution < -0.4 is 5.32 Å². The maximum Gasteiger partial charge on any atom is 0.317 e. The molecule has 1 aliphatic rings. The fraction of sp³-hybridized carbons (Fsp3) is 0.909. The summed E-state index contributed by atoms with van der Waals surface area (Å²) in [6.45, 7) is 9.14. The largest absolute Gasteiger partial charge is 0.378 e. The molecule has 4 nitrogen and oxygen atoms in total. The van der Waals surface area contributed by atoms with Crippen molar-refractivity contribution in [2.75, 3.05) is 26.2 Å². The van der Waals surface area contributed by atoms with E-state index in [2.05, 4.69) is 12.2 Å². The highest BCUT2D eigenvalue weighted by atomic mass is 16.5. The fourth-order valence-electron chi connectivity index (χ4n) is 1.89. The van der Waals surface area contributed by atoms with E-state index in [1.807, 2.05) is 13.8 Å². The lowest BCUT2D eigenvalue weighted by molar-refractivity contribution is 0.105. The summed E-state index contributed by atoms with van der Waals surface area (Å²) >= 11 is 0. The molecule has 2 amide bonds. The minimum absolute atomic E-state index is 0.0408. The molecule has 0 aromatic carbocycles. The first-order valence-corrected chi connectivity index (χ1v) is 5.83. The molecule has 0 saturated carbocycles. The van der Waals surface area contributed by atoms with E-state index in [1.165, 1.54) is 0 Å². The first-order chi connectivity index (χ1) is 7.19. The number of hydrogen-bond donors (Lipinski definition) is 1. The van der Waals surface area contributed by atoms with Gasteiger partial charge in [-0.25, -0.2) is 4.79 Å². The van der Waals surface area contributed by atoms with E-state index in [0.29, 0.717) is 5.92 Å². The van der Waals surface area contributed by atoms with Gasteiger partial charge in [0, 0.05) is 32.2 Å². The molecule has 88 valence electrons. The molecule has 1 fully saturated rings. The number of ether oxygens (including phenoxy) is 1. The van der Waals surface area contributed by atoms with Crippen molar-refractivity contribution < 1.29 is 9.53 Å². The van der Waals surface area contributed by atoms with Gasteiger partial charge in [-0.05, 0) is 27.2 Å². The number of rotatable bonds is 4. The van der Waals surface area contributed by atoms with Crippen LogP contribution in [0.2, 0.25) is 0 Å². The van der Waals surface area contributed by atoms with E-state index in [-0.39, 0.29) is 12.1 Å². The number of urea groups is 1. The topological polar surface area (TPSA) is 41.6 Å². The minimum atomic E-state index is 0.0408. The number of nitrogens with zero attached hydrogens (tertiary/aromatic N) is 1. The zero-order valence-electron chi connectivity index (χ0n) is 9.95. The molecule has 4 heteroatoms. The van der Waals surface area contributed by atoms with Crippen LogP contribution in [0.3, 0.4) is 0 Å². The maximum atomic E-state index is 11.6. The van der Waals surface area contributed by atoms with E-state index in [9.17, 15) is 4.79 Å². The third-order valence-electron chi connectivity index (χ3n) is 3.10. The zero-order chi connectivity index (χ0) is 11.3. The molecular formula is C11H22N2O2. The van der Waals surface area contributed by atoms with E-state index in [1.54, 1.807) is 4.90 Å². The van der Waals surface area contributed by atoms with Gasteiger partial charge >= 0.3 is 6.03 Å². The standard InChI is InChI=1S/C11H22N2O2/c1-4-13(5-2)11(14)12-8-10-6-7-15-9(10)3/h9-10H,4-8H2,1-3H3,(H,12,14). The lowest BCUT2D eigenvalue weighted by Crippen LogP contribution is -2.42. The molecule has 1 aliphatic heterocycles. The van der Waals surface area contributed by atoms with E-state index >= 15 is 0 Å². The van der Waals surface area contributed by atoms with E-state index in [4.69, 9.17) is 4.74 Å².